The summed E-state index contributed by atoms with van der Waals surface area (Å²) >= 11 is 6.51. The second kappa shape index (κ2) is 8.12. The van der Waals surface area contributed by atoms with Crippen LogP contribution in [0.2, 0.25) is 5.02 Å². The summed E-state index contributed by atoms with van der Waals surface area (Å²) in [6.45, 7) is 8.47. The monoisotopic (exact) mass is 401 g/mol. The molecule has 1 heterocycles. The number of rotatable bonds is 5. The fraction of sp³-hybridized carbons (Fsp3) is 0.478. The number of allylic oxidation sites excluding steroid dienone is 3. The molecular formula is C23H28ClNO3. The van der Waals surface area contributed by atoms with E-state index in [-0.39, 0.29) is 17.2 Å². The van der Waals surface area contributed by atoms with Crippen LogP contribution in [0.15, 0.2) is 46.8 Å². The predicted octanol–water partition coefficient (Wildman–Crippen LogP) is 5.29. The molecule has 1 atom stereocenters. The van der Waals surface area contributed by atoms with E-state index in [1.54, 1.807) is 6.07 Å². The van der Waals surface area contributed by atoms with Crippen molar-refractivity contribution in [2.45, 2.75) is 59.3 Å². The molecule has 2 aliphatic rings. The molecule has 1 aromatic rings. The summed E-state index contributed by atoms with van der Waals surface area (Å²) in [6, 6.07) is 7.42. The van der Waals surface area contributed by atoms with Gasteiger partial charge in [0.05, 0.1) is 12.2 Å². The van der Waals surface area contributed by atoms with Crippen LogP contribution < -0.4 is 5.32 Å². The Labute approximate surface area is 172 Å². The van der Waals surface area contributed by atoms with Gasteiger partial charge in [0, 0.05) is 34.3 Å². The number of halogens is 1. The Morgan fingerprint density at radius 2 is 2.00 bits per heavy atom. The van der Waals surface area contributed by atoms with Gasteiger partial charge in [-0.2, -0.15) is 0 Å². The summed E-state index contributed by atoms with van der Waals surface area (Å²) in [7, 11) is 0. The number of hydrogen-bond acceptors (Lipinski definition) is 4. The van der Waals surface area contributed by atoms with Crippen molar-refractivity contribution in [1.82, 2.24) is 5.32 Å². The third-order valence-corrected chi connectivity index (χ3v) is 5.75. The van der Waals surface area contributed by atoms with Crippen LogP contribution in [0, 0.1) is 5.41 Å². The Morgan fingerprint density at radius 1 is 1.29 bits per heavy atom. The van der Waals surface area contributed by atoms with Crippen LogP contribution in [0.25, 0.3) is 0 Å². The van der Waals surface area contributed by atoms with Crippen LogP contribution in [0.4, 0.5) is 0 Å². The number of dihydropyridines is 1. The first-order valence-electron chi connectivity index (χ1n) is 9.90. The van der Waals surface area contributed by atoms with Gasteiger partial charge >= 0.3 is 5.97 Å². The van der Waals surface area contributed by atoms with Gasteiger partial charge in [0.2, 0.25) is 0 Å². The zero-order valence-corrected chi connectivity index (χ0v) is 17.8. The van der Waals surface area contributed by atoms with Crippen LogP contribution in [-0.4, -0.2) is 18.4 Å². The molecule has 28 heavy (non-hydrogen) atoms. The first kappa shape index (κ1) is 20.7. The minimum absolute atomic E-state index is 0.0648. The molecule has 0 aromatic heterocycles. The molecule has 3 rings (SSSR count). The maximum Gasteiger partial charge on any atom is 0.336 e. The molecule has 0 spiro atoms. The second-order valence-corrected chi connectivity index (χ2v) is 8.85. The summed E-state index contributed by atoms with van der Waals surface area (Å²) in [5, 5.41) is 3.89. The summed E-state index contributed by atoms with van der Waals surface area (Å²) in [5.74, 6) is -0.815. The first-order valence-corrected chi connectivity index (χ1v) is 10.3. The van der Waals surface area contributed by atoms with Crippen molar-refractivity contribution in [2.24, 2.45) is 5.41 Å². The van der Waals surface area contributed by atoms with Crippen LogP contribution in [0.5, 0.6) is 0 Å². The van der Waals surface area contributed by atoms with E-state index in [0.717, 1.165) is 36.2 Å². The van der Waals surface area contributed by atoms with E-state index >= 15 is 0 Å². The van der Waals surface area contributed by atoms with Gasteiger partial charge in [-0.25, -0.2) is 4.79 Å². The van der Waals surface area contributed by atoms with E-state index in [4.69, 9.17) is 16.3 Å². The molecular weight excluding hydrogens is 374 g/mol. The minimum Gasteiger partial charge on any atom is -0.462 e. The molecule has 0 radical (unpaired) electrons. The number of ketones is 1. The number of carbonyl (C=O) groups is 2. The fourth-order valence-electron chi connectivity index (χ4n) is 4.11. The number of hydrogen-bond donors (Lipinski definition) is 1. The molecule has 0 unspecified atom stereocenters. The Balaban J connectivity index is 2.11. The third-order valence-electron chi connectivity index (χ3n) is 5.41. The van der Waals surface area contributed by atoms with E-state index in [1.165, 1.54) is 0 Å². The first-order chi connectivity index (χ1) is 13.2. The van der Waals surface area contributed by atoms with Gasteiger partial charge in [0.1, 0.15) is 0 Å². The van der Waals surface area contributed by atoms with Crippen molar-refractivity contribution >= 4 is 23.4 Å². The van der Waals surface area contributed by atoms with Gasteiger partial charge in [-0.15, -0.1) is 0 Å². The molecule has 1 aliphatic carbocycles. The van der Waals surface area contributed by atoms with Crippen molar-refractivity contribution in [1.29, 1.82) is 0 Å². The number of Topliss-reactive ketones (excluding diaryl/α,β-unsaturated/α-hetero) is 1. The normalized spacial score (nSPS) is 21.3. The molecule has 1 aromatic carbocycles. The molecule has 1 N–H and O–H groups in total. The number of carbonyl (C=O) groups excluding carboxylic acids is 2. The average Bonchev–Trinajstić information content (AvgIpc) is 2.60. The number of ether oxygens (including phenoxy) is 1. The van der Waals surface area contributed by atoms with Crippen LogP contribution in [0.3, 0.4) is 0 Å². The Kier molecular flexibility index (Phi) is 5.99. The Morgan fingerprint density at radius 3 is 2.68 bits per heavy atom. The van der Waals surface area contributed by atoms with Gasteiger partial charge in [0.15, 0.2) is 5.78 Å². The zero-order valence-electron chi connectivity index (χ0n) is 17.0. The van der Waals surface area contributed by atoms with Crippen LogP contribution in [-0.2, 0) is 14.3 Å². The smallest absolute Gasteiger partial charge is 0.336 e. The summed E-state index contributed by atoms with van der Waals surface area (Å²) in [6.07, 6.45) is 2.96. The maximum atomic E-state index is 13.2. The lowest BCUT2D eigenvalue weighted by Crippen LogP contribution is -2.38. The lowest BCUT2D eigenvalue weighted by molar-refractivity contribution is -0.139. The van der Waals surface area contributed by atoms with Gasteiger partial charge in [-0.05, 0) is 36.8 Å². The van der Waals surface area contributed by atoms with E-state index < -0.39 is 5.92 Å². The number of esters is 1. The topological polar surface area (TPSA) is 55.4 Å². The number of benzene rings is 1. The molecule has 150 valence electrons. The maximum absolute atomic E-state index is 13.2. The van der Waals surface area contributed by atoms with Crippen molar-refractivity contribution in [3.05, 3.63) is 57.4 Å². The fourth-order valence-corrected chi connectivity index (χ4v) is 4.36. The van der Waals surface area contributed by atoms with Crippen molar-refractivity contribution in [3.63, 3.8) is 0 Å². The molecule has 0 amide bonds. The number of unbranched alkanes of at least 4 members (excludes halogenated alkanes) is 1. The van der Waals surface area contributed by atoms with Crippen molar-refractivity contribution in [3.8, 4) is 0 Å². The lowest BCUT2D eigenvalue weighted by Gasteiger charge is -2.39. The van der Waals surface area contributed by atoms with Gasteiger partial charge in [0.25, 0.3) is 0 Å². The van der Waals surface area contributed by atoms with Crippen molar-refractivity contribution < 1.29 is 14.3 Å². The van der Waals surface area contributed by atoms with Crippen molar-refractivity contribution in [2.75, 3.05) is 6.61 Å². The zero-order chi connectivity index (χ0) is 20.5. The number of nitrogens with one attached hydrogen (secondary N) is 1. The highest BCUT2D eigenvalue weighted by Crippen LogP contribution is 2.47. The molecule has 0 saturated heterocycles. The van der Waals surface area contributed by atoms with E-state index in [0.29, 0.717) is 29.2 Å². The van der Waals surface area contributed by atoms with Crippen LogP contribution >= 0.6 is 11.6 Å². The van der Waals surface area contributed by atoms with Crippen LogP contribution in [0.1, 0.15) is 64.9 Å². The summed E-state index contributed by atoms with van der Waals surface area (Å²) in [5.41, 5.74) is 3.42. The average molecular weight is 402 g/mol. The van der Waals surface area contributed by atoms with E-state index in [9.17, 15) is 9.59 Å². The van der Waals surface area contributed by atoms with Gasteiger partial charge in [-0.3, -0.25) is 4.79 Å². The second-order valence-electron chi connectivity index (χ2n) is 8.44. The summed E-state index contributed by atoms with van der Waals surface area (Å²) < 4.78 is 5.53. The molecule has 4 nitrogen and oxygen atoms in total. The lowest BCUT2D eigenvalue weighted by atomic mass is 9.68. The molecule has 5 heteroatoms. The van der Waals surface area contributed by atoms with E-state index in [1.807, 2.05) is 32.0 Å². The Hall–Kier alpha value is -2.07. The molecule has 0 fully saturated rings. The van der Waals surface area contributed by atoms with E-state index in [2.05, 4.69) is 19.2 Å². The molecule has 0 bridgehead atoms. The highest BCUT2D eigenvalue weighted by Gasteiger charge is 2.43. The third kappa shape index (κ3) is 4.02. The standard InChI is InChI=1S/C23H28ClNO3/c1-5-6-11-28-22(27)19-14(2)25-17-12-23(3,4)13-18(26)21(17)20(19)15-9-7-8-10-16(15)24/h7-10,20,25H,5-6,11-13H2,1-4H3/t20-/m0/s1. The Bertz CT molecular complexity index is 866. The molecule has 1 aliphatic heterocycles. The molecule has 0 saturated carbocycles. The summed E-state index contributed by atoms with van der Waals surface area (Å²) in [4.78, 5) is 26.1. The predicted molar refractivity (Wildman–Crippen MR) is 111 cm³/mol. The SMILES string of the molecule is CCCCOC(=O)C1=C(C)NC2=C(C(=O)CC(C)(C)C2)[C@H]1c1ccccc1Cl. The largest absolute Gasteiger partial charge is 0.462 e. The quantitative estimate of drug-likeness (QED) is 0.538. The van der Waals surface area contributed by atoms with Gasteiger partial charge in [-0.1, -0.05) is 57.0 Å². The highest BCUT2D eigenvalue weighted by molar-refractivity contribution is 6.31. The highest BCUT2D eigenvalue weighted by atomic mass is 35.5. The minimum atomic E-state index is -0.498. The van der Waals surface area contributed by atoms with Gasteiger partial charge < -0.3 is 10.1 Å².